The number of halogens is 2. The number of benzene rings is 1. The number of hydrogen-bond acceptors (Lipinski definition) is 3. The van der Waals surface area contributed by atoms with Crippen molar-refractivity contribution in [3.63, 3.8) is 0 Å². The molecule has 0 fully saturated rings. The molecule has 1 heterocycles. The molecule has 0 unspecified atom stereocenters. The standard InChI is InChI=1S/C14H14Br2O2S/c1-2-17-13-5-3-4-10(7-15)14(13)18-8-12-6-11(16)9-19-12/h3-6,9H,2,7-8H2,1H3. The zero-order valence-corrected chi connectivity index (χ0v) is 14.5. The van der Waals surface area contributed by atoms with Gasteiger partial charge < -0.3 is 9.47 Å². The summed E-state index contributed by atoms with van der Waals surface area (Å²) in [5.41, 5.74) is 1.10. The van der Waals surface area contributed by atoms with E-state index in [-0.39, 0.29) is 0 Å². The zero-order valence-electron chi connectivity index (χ0n) is 10.5. The smallest absolute Gasteiger partial charge is 0.165 e. The van der Waals surface area contributed by atoms with E-state index in [0.29, 0.717) is 13.2 Å². The van der Waals surface area contributed by atoms with E-state index in [2.05, 4.69) is 43.3 Å². The SMILES string of the molecule is CCOc1cccc(CBr)c1OCc1cc(Br)cs1. The quantitative estimate of drug-likeness (QED) is 0.600. The van der Waals surface area contributed by atoms with Gasteiger partial charge in [-0.15, -0.1) is 11.3 Å². The summed E-state index contributed by atoms with van der Waals surface area (Å²) in [6, 6.07) is 8.03. The molecule has 0 radical (unpaired) electrons. The summed E-state index contributed by atoms with van der Waals surface area (Å²) < 4.78 is 12.7. The van der Waals surface area contributed by atoms with Gasteiger partial charge in [-0.1, -0.05) is 28.1 Å². The maximum absolute atomic E-state index is 5.95. The normalized spacial score (nSPS) is 10.5. The first-order valence-electron chi connectivity index (χ1n) is 5.91. The summed E-state index contributed by atoms with van der Waals surface area (Å²) in [4.78, 5) is 1.18. The Morgan fingerprint density at radius 3 is 2.74 bits per heavy atom. The lowest BCUT2D eigenvalue weighted by Gasteiger charge is -2.14. The number of hydrogen-bond donors (Lipinski definition) is 0. The topological polar surface area (TPSA) is 18.5 Å². The lowest BCUT2D eigenvalue weighted by atomic mass is 10.2. The molecule has 0 spiro atoms. The van der Waals surface area contributed by atoms with E-state index in [0.717, 1.165) is 26.9 Å². The minimum atomic E-state index is 0.556. The van der Waals surface area contributed by atoms with E-state index >= 15 is 0 Å². The largest absolute Gasteiger partial charge is 0.490 e. The van der Waals surface area contributed by atoms with Gasteiger partial charge in [0.05, 0.1) is 6.61 Å². The fourth-order valence-corrected chi connectivity index (χ4v) is 3.48. The molecule has 0 aliphatic rings. The second kappa shape index (κ2) is 7.31. The van der Waals surface area contributed by atoms with Crippen molar-refractivity contribution < 1.29 is 9.47 Å². The van der Waals surface area contributed by atoms with Gasteiger partial charge in [-0.05, 0) is 35.0 Å². The van der Waals surface area contributed by atoms with Crippen LogP contribution in [0.15, 0.2) is 34.1 Å². The Balaban J connectivity index is 2.17. The van der Waals surface area contributed by atoms with Crippen molar-refractivity contribution in [3.05, 3.63) is 44.6 Å². The highest BCUT2D eigenvalue weighted by atomic mass is 79.9. The molecule has 0 atom stereocenters. The van der Waals surface area contributed by atoms with Crippen LogP contribution in [0.2, 0.25) is 0 Å². The minimum absolute atomic E-state index is 0.556. The second-order valence-corrected chi connectivity index (χ2v) is 6.30. The molecule has 1 aromatic heterocycles. The van der Waals surface area contributed by atoms with Gasteiger partial charge in [-0.2, -0.15) is 0 Å². The molecule has 0 aliphatic carbocycles. The maximum atomic E-state index is 5.95. The van der Waals surface area contributed by atoms with Crippen LogP contribution < -0.4 is 9.47 Å². The highest BCUT2D eigenvalue weighted by Gasteiger charge is 2.11. The van der Waals surface area contributed by atoms with Crippen LogP contribution in [0.4, 0.5) is 0 Å². The van der Waals surface area contributed by atoms with Crippen LogP contribution >= 0.6 is 43.2 Å². The number of alkyl halides is 1. The fourth-order valence-electron chi connectivity index (χ4n) is 1.67. The molecule has 0 aliphatic heterocycles. The summed E-state index contributed by atoms with van der Waals surface area (Å²) in [5.74, 6) is 1.63. The van der Waals surface area contributed by atoms with Crippen molar-refractivity contribution in [1.82, 2.24) is 0 Å². The molecule has 0 bridgehead atoms. The van der Waals surface area contributed by atoms with Gasteiger partial charge in [0.25, 0.3) is 0 Å². The highest BCUT2D eigenvalue weighted by Crippen LogP contribution is 2.34. The minimum Gasteiger partial charge on any atom is -0.490 e. The second-order valence-electron chi connectivity index (χ2n) is 3.83. The predicted molar refractivity (Wildman–Crippen MR) is 86.6 cm³/mol. The summed E-state index contributed by atoms with van der Waals surface area (Å²) in [5, 5.41) is 2.80. The van der Waals surface area contributed by atoms with Crippen LogP contribution in [-0.2, 0) is 11.9 Å². The molecule has 0 saturated heterocycles. The van der Waals surface area contributed by atoms with Gasteiger partial charge in [0.2, 0.25) is 0 Å². The van der Waals surface area contributed by atoms with Crippen LogP contribution in [0, 0.1) is 0 Å². The molecule has 0 N–H and O–H groups in total. The first kappa shape index (κ1) is 14.9. The van der Waals surface area contributed by atoms with Crippen molar-refractivity contribution in [2.45, 2.75) is 18.9 Å². The Morgan fingerprint density at radius 2 is 2.11 bits per heavy atom. The van der Waals surface area contributed by atoms with E-state index in [4.69, 9.17) is 9.47 Å². The summed E-state index contributed by atoms with van der Waals surface area (Å²) >= 11 is 8.61. The molecular weight excluding hydrogens is 392 g/mol. The molecule has 5 heteroatoms. The average molecular weight is 406 g/mol. The third-order valence-corrected chi connectivity index (χ3v) is 4.76. The Labute approximate surface area is 134 Å². The Morgan fingerprint density at radius 1 is 1.26 bits per heavy atom. The van der Waals surface area contributed by atoms with Crippen LogP contribution in [0.25, 0.3) is 0 Å². The monoisotopic (exact) mass is 404 g/mol. The third kappa shape index (κ3) is 3.97. The van der Waals surface area contributed by atoms with Gasteiger partial charge in [-0.3, -0.25) is 0 Å². The van der Waals surface area contributed by atoms with E-state index in [1.165, 1.54) is 4.88 Å². The number of ether oxygens (including phenoxy) is 2. The molecular formula is C14H14Br2O2S. The Hall–Kier alpha value is -0.520. The number of rotatable bonds is 6. The first-order chi connectivity index (χ1) is 9.24. The maximum Gasteiger partial charge on any atom is 0.165 e. The molecule has 102 valence electrons. The van der Waals surface area contributed by atoms with Crippen molar-refractivity contribution in [2.75, 3.05) is 6.61 Å². The van der Waals surface area contributed by atoms with Gasteiger partial charge in [0.1, 0.15) is 6.61 Å². The van der Waals surface area contributed by atoms with Crippen LogP contribution in [0.1, 0.15) is 17.4 Å². The van der Waals surface area contributed by atoms with E-state index in [1.54, 1.807) is 11.3 Å². The van der Waals surface area contributed by atoms with Crippen LogP contribution in [0.3, 0.4) is 0 Å². The predicted octanol–water partition coefficient (Wildman–Crippen LogP) is 5.38. The summed E-state index contributed by atoms with van der Waals surface area (Å²) in [7, 11) is 0. The van der Waals surface area contributed by atoms with Gasteiger partial charge in [-0.25, -0.2) is 0 Å². The zero-order chi connectivity index (χ0) is 13.7. The Kier molecular flexibility index (Phi) is 5.73. The first-order valence-corrected chi connectivity index (χ1v) is 8.70. The Bertz CT molecular complexity index is 540. The molecule has 0 saturated carbocycles. The highest BCUT2D eigenvalue weighted by molar-refractivity contribution is 9.10. The lowest BCUT2D eigenvalue weighted by Crippen LogP contribution is -2.01. The molecule has 19 heavy (non-hydrogen) atoms. The fraction of sp³-hybridized carbons (Fsp3) is 0.286. The molecule has 1 aromatic carbocycles. The van der Waals surface area contributed by atoms with Gasteiger partial charge in [0.15, 0.2) is 11.5 Å². The third-order valence-electron chi connectivity index (χ3n) is 2.48. The van der Waals surface area contributed by atoms with Crippen molar-refractivity contribution in [3.8, 4) is 11.5 Å². The summed E-state index contributed by atoms with van der Waals surface area (Å²) in [6.07, 6.45) is 0. The van der Waals surface area contributed by atoms with Gasteiger partial charge >= 0.3 is 0 Å². The average Bonchev–Trinajstić information content (AvgIpc) is 2.83. The van der Waals surface area contributed by atoms with Gasteiger partial charge in [0, 0.05) is 25.6 Å². The van der Waals surface area contributed by atoms with Crippen LogP contribution in [0.5, 0.6) is 11.5 Å². The van der Waals surface area contributed by atoms with Crippen molar-refractivity contribution >= 4 is 43.2 Å². The molecule has 2 nitrogen and oxygen atoms in total. The molecule has 2 rings (SSSR count). The molecule has 0 amide bonds. The van der Waals surface area contributed by atoms with E-state index in [9.17, 15) is 0 Å². The summed E-state index contributed by atoms with van der Waals surface area (Å²) in [6.45, 7) is 3.16. The molecule has 2 aromatic rings. The number of para-hydroxylation sites is 1. The van der Waals surface area contributed by atoms with Crippen LogP contribution in [-0.4, -0.2) is 6.61 Å². The van der Waals surface area contributed by atoms with E-state index < -0.39 is 0 Å². The van der Waals surface area contributed by atoms with E-state index in [1.807, 2.05) is 25.1 Å². The number of thiophene rings is 1. The van der Waals surface area contributed by atoms with Crippen molar-refractivity contribution in [2.24, 2.45) is 0 Å². The lowest BCUT2D eigenvalue weighted by molar-refractivity contribution is 0.269. The van der Waals surface area contributed by atoms with Crippen molar-refractivity contribution in [1.29, 1.82) is 0 Å².